The molecule has 0 amide bonds. The van der Waals surface area contributed by atoms with Crippen LogP contribution in [0, 0.1) is 19.8 Å². The first-order valence-electron chi connectivity index (χ1n) is 15.1. The molecule has 8 heteroatoms. The molecule has 0 aliphatic carbocycles. The molecule has 2 aromatic carbocycles. The Kier molecular flexibility index (Phi) is 8.47. The van der Waals surface area contributed by atoms with Gasteiger partial charge in [-0.3, -0.25) is 9.69 Å². The van der Waals surface area contributed by atoms with Gasteiger partial charge in [-0.15, -0.1) is 0 Å². The molecule has 42 heavy (non-hydrogen) atoms. The number of aromatic nitrogens is 1. The molecule has 0 unspecified atom stereocenters. The smallest absolute Gasteiger partial charge is 0.309 e. The number of carboxylic acid groups (broad SMARTS) is 1. The molecule has 3 aliphatic rings. The van der Waals surface area contributed by atoms with Crippen LogP contribution in [0.15, 0.2) is 48.5 Å². The number of methoxy groups -OCH3 is 1. The summed E-state index contributed by atoms with van der Waals surface area (Å²) in [7, 11) is 1.58. The number of benzene rings is 2. The number of hydrogen-bond acceptors (Lipinski definition) is 7. The van der Waals surface area contributed by atoms with Gasteiger partial charge in [-0.2, -0.15) is 0 Å². The van der Waals surface area contributed by atoms with Crippen molar-refractivity contribution in [2.24, 2.45) is 5.92 Å². The van der Waals surface area contributed by atoms with Crippen molar-refractivity contribution in [2.75, 3.05) is 51.4 Å². The molecule has 0 saturated carbocycles. The number of pyridine rings is 1. The van der Waals surface area contributed by atoms with E-state index in [-0.39, 0.29) is 6.10 Å². The minimum atomic E-state index is -0.805. The second-order valence-corrected chi connectivity index (χ2v) is 11.8. The van der Waals surface area contributed by atoms with Crippen LogP contribution >= 0.6 is 0 Å². The number of para-hydroxylation sites is 1. The first-order valence-corrected chi connectivity index (χ1v) is 15.1. The molecule has 0 bridgehead atoms. The van der Waals surface area contributed by atoms with Crippen LogP contribution in [0.2, 0.25) is 0 Å². The lowest BCUT2D eigenvalue weighted by atomic mass is 9.94. The Bertz CT molecular complexity index is 1440. The van der Waals surface area contributed by atoms with E-state index in [4.69, 9.17) is 19.2 Å². The molecule has 0 spiro atoms. The molecule has 2 fully saturated rings. The van der Waals surface area contributed by atoms with Crippen molar-refractivity contribution in [2.45, 2.75) is 51.9 Å². The number of rotatable bonds is 8. The Morgan fingerprint density at radius 2 is 1.86 bits per heavy atom. The Morgan fingerprint density at radius 1 is 1.05 bits per heavy atom. The van der Waals surface area contributed by atoms with Gasteiger partial charge >= 0.3 is 5.97 Å². The number of nitrogens with zero attached hydrogens (tertiary/aromatic N) is 3. The van der Waals surface area contributed by atoms with Gasteiger partial charge in [-0.25, -0.2) is 4.98 Å². The highest BCUT2D eigenvalue weighted by molar-refractivity contribution is 5.72. The molecule has 3 aliphatic heterocycles. The molecule has 6 rings (SSSR count). The first-order chi connectivity index (χ1) is 20.4. The van der Waals surface area contributed by atoms with E-state index in [2.05, 4.69) is 47.9 Å². The van der Waals surface area contributed by atoms with Crippen molar-refractivity contribution >= 4 is 11.8 Å². The Labute approximate surface area is 248 Å². The number of aryl methyl sites for hydroxylation is 1. The Balaban J connectivity index is 1.20. The van der Waals surface area contributed by atoms with E-state index >= 15 is 0 Å². The van der Waals surface area contributed by atoms with Crippen molar-refractivity contribution in [3.63, 3.8) is 0 Å². The van der Waals surface area contributed by atoms with E-state index in [9.17, 15) is 9.90 Å². The van der Waals surface area contributed by atoms with Gasteiger partial charge in [0.2, 0.25) is 0 Å². The minimum absolute atomic E-state index is 0.376. The molecular weight excluding hydrogens is 530 g/mol. The van der Waals surface area contributed by atoms with Crippen molar-refractivity contribution in [3.05, 3.63) is 76.3 Å². The highest BCUT2D eigenvalue weighted by Gasteiger charge is 2.35. The van der Waals surface area contributed by atoms with Gasteiger partial charge in [0.05, 0.1) is 37.0 Å². The van der Waals surface area contributed by atoms with Gasteiger partial charge in [0.15, 0.2) is 0 Å². The lowest BCUT2D eigenvalue weighted by molar-refractivity contribution is -0.147. The second-order valence-electron chi connectivity index (χ2n) is 11.8. The van der Waals surface area contributed by atoms with Gasteiger partial charge in [0.1, 0.15) is 18.2 Å². The third kappa shape index (κ3) is 5.76. The van der Waals surface area contributed by atoms with Crippen LogP contribution in [0.1, 0.15) is 34.2 Å². The maximum absolute atomic E-state index is 11.7. The van der Waals surface area contributed by atoms with E-state index in [1.807, 2.05) is 24.3 Å². The summed E-state index contributed by atoms with van der Waals surface area (Å²) in [6, 6.07) is 17.3. The average Bonchev–Trinajstić information content (AvgIpc) is 3.19. The number of piperidine rings is 1. The zero-order chi connectivity index (χ0) is 29.2. The SMILES string of the molecule is CO[C@H]1CN(c2cccc(-c3cccc(C)c3OCc3ccc4c(c3C)CCN(C3COC3)CC4)n2)CC[C@@H]1C(=O)O. The Hall–Kier alpha value is -3.46. The molecule has 2 saturated heterocycles. The molecule has 2 atom stereocenters. The summed E-state index contributed by atoms with van der Waals surface area (Å²) < 4.78 is 17.6. The molecule has 4 heterocycles. The normalized spacial score (nSPS) is 21.4. The fourth-order valence-corrected chi connectivity index (χ4v) is 6.62. The maximum atomic E-state index is 11.7. The fraction of sp³-hybridized carbons (Fsp3) is 0.471. The average molecular weight is 572 g/mol. The van der Waals surface area contributed by atoms with E-state index in [0.29, 0.717) is 32.2 Å². The fourth-order valence-electron chi connectivity index (χ4n) is 6.62. The van der Waals surface area contributed by atoms with Crippen LogP contribution in [0.5, 0.6) is 5.75 Å². The van der Waals surface area contributed by atoms with Crippen molar-refractivity contribution in [1.82, 2.24) is 9.88 Å². The molecule has 0 radical (unpaired) electrons. The van der Waals surface area contributed by atoms with Crippen molar-refractivity contribution in [3.8, 4) is 17.0 Å². The van der Waals surface area contributed by atoms with Crippen LogP contribution in [0.4, 0.5) is 5.82 Å². The molecule has 1 N–H and O–H groups in total. The molecule has 3 aromatic rings. The number of carbonyl (C=O) groups is 1. The monoisotopic (exact) mass is 571 g/mol. The van der Waals surface area contributed by atoms with Gasteiger partial charge in [-0.05, 0) is 79.1 Å². The van der Waals surface area contributed by atoms with Gasteiger partial charge in [-0.1, -0.05) is 30.3 Å². The van der Waals surface area contributed by atoms with Crippen LogP contribution in [0.3, 0.4) is 0 Å². The van der Waals surface area contributed by atoms with E-state index in [1.165, 1.54) is 22.3 Å². The zero-order valence-electron chi connectivity index (χ0n) is 24.8. The predicted molar refractivity (Wildman–Crippen MR) is 162 cm³/mol. The Morgan fingerprint density at radius 3 is 2.62 bits per heavy atom. The molecule has 1 aromatic heterocycles. The van der Waals surface area contributed by atoms with Crippen LogP contribution < -0.4 is 9.64 Å². The largest absolute Gasteiger partial charge is 0.488 e. The zero-order valence-corrected chi connectivity index (χ0v) is 24.8. The molecular formula is C34H41N3O5. The van der Waals surface area contributed by atoms with Gasteiger partial charge < -0.3 is 24.2 Å². The summed E-state index contributed by atoms with van der Waals surface area (Å²) in [6.07, 6.45) is 2.28. The predicted octanol–water partition coefficient (Wildman–Crippen LogP) is 4.67. The van der Waals surface area contributed by atoms with E-state index < -0.39 is 11.9 Å². The number of fused-ring (bicyclic) bond motifs is 1. The molecule has 8 nitrogen and oxygen atoms in total. The second kappa shape index (κ2) is 12.4. The van der Waals surface area contributed by atoms with Crippen molar-refractivity contribution in [1.29, 1.82) is 0 Å². The topological polar surface area (TPSA) is 84.4 Å². The third-order valence-corrected chi connectivity index (χ3v) is 9.36. The highest BCUT2D eigenvalue weighted by Crippen LogP contribution is 2.35. The first kappa shape index (κ1) is 28.6. The number of anilines is 1. The highest BCUT2D eigenvalue weighted by atomic mass is 16.5. The van der Waals surface area contributed by atoms with Crippen molar-refractivity contribution < 1.29 is 24.1 Å². The lowest BCUT2D eigenvalue weighted by Gasteiger charge is -2.36. The van der Waals surface area contributed by atoms with E-state index in [0.717, 1.165) is 67.5 Å². The number of ether oxygens (including phenoxy) is 3. The maximum Gasteiger partial charge on any atom is 0.309 e. The standard InChI is InChI=1S/C34H41N3O5/c1-22-6-4-7-28(30-8-5-9-32(35-30)37-17-14-29(34(38)39)31(18-37)40-3)33(22)42-19-25-11-10-24-12-15-36(26-20-41-21-26)16-13-27(24)23(25)2/h4-11,26,29,31H,12-21H2,1-3H3,(H,38,39)/t29-,31-/m0/s1. The van der Waals surface area contributed by atoms with Gasteiger partial charge in [0.25, 0.3) is 0 Å². The lowest BCUT2D eigenvalue weighted by Crippen LogP contribution is -2.49. The number of hydrogen-bond donors (Lipinski definition) is 1. The summed E-state index contributed by atoms with van der Waals surface area (Å²) >= 11 is 0. The number of carboxylic acids is 1. The minimum Gasteiger partial charge on any atom is -0.488 e. The quantitative estimate of drug-likeness (QED) is 0.418. The van der Waals surface area contributed by atoms with Crippen LogP contribution in [-0.2, 0) is 33.7 Å². The third-order valence-electron chi connectivity index (χ3n) is 9.36. The summed E-state index contributed by atoms with van der Waals surface area (Å²) in [5, 5.41) is 9.57. The van der Waals surface area contributed by atoms with Crippen LogP contribution in [0.25, 0.3) is 11.3 Å². The summed E-state index contributed by atoms with van der Waals surface area (Å²) in [5.74, 6) is 0.348. The summed E-state index contributed by atoms with van der Waals surface area (Å²) in [5.41, 5.74) is 8.33. The van der Waals surface area contributed by atoms with Gasteiger partial charge in [0, 0.05) is 38.9 Å². The summed E-state index contributed by atoms with van der Waals surface area (Å²) in [6.45, 7) is 9.82. The molecule has 222 valence electrons. The summed E-state index contributed by atoms with van der Waals surface area (Å²) in [4.78, 5) is 21.4. The van der Waals surface area contributed by atoms with E-state index in [1.54, 1.807) is 7.11 Å². The van der Waals surface area contributed by atoms with Crippen LogP contribution in [-0.4, -0.2) is 79.6 Å². The number of aliphatic carboxylic acids is 1.